The first kappa shape index (κ1) is 13.1. The molecule has 0 spiro atoms. The Labute approximate surface area is 95.6 Å². The molecule has 0 saturated carbocycles. The Bertz CT molecular complexity index is 292. The number of hydrogen-bond donors (Lipinski definition) is 4. The highest BCUT2D eigenvalue weighted by Crippen LogP contribution is 2.12. The van der Waals surface area contributed by atoms with E-state index in [1.807, 2.05) is 37.3 Å². The fourth-order valence-corrected chi connectivity index (χ4v) is 1.57. The van der Waals surface area contributed by atoms with Crippen LogP contribution in [0.2, 0.25) is 0 Å². The summed E-state index contributed by atoms with van der Waals surface area (Å²) in [5.41, 5.74) is 1.08. The lowest BCUT2D eigenvalue weighted by molar-refractivity contribution is 0.0380. The fourth-order valence-electron chi connectivity index (χ4n) is 1.57. The zero-order valence-electron chi connectivity index (χ0n) is 9.37. The molecule has 3 atom stereocenters. The molecule has 0 bridgehead atoms. The van der Waals surface area contributed by atoms with Gasteiger partial charge in [-0.3, -0.25) is 0 Å². The molecule has 0 saturated heterocycles. The predicted molar refractivity (Wildman–Crippen MR) is 62.0 cm³/mol. The van der Waals surface area contributed by atoms with E-state index in [9.17, 15) is 5.11 Å². The van der Waals surface area contributed by atoms with Gasteiger partial charge in [-0.1, -0.05) is 30.3 Å². The summed E-state index contributed by atoms with van der Waals surface area (Å²) in [5, 5.41) is 30.4. The summed E-state index contributed by atoms with van der Waals surface area (Å²) in [5.74, 6) is 0. The first-order chi connectivity index (χ1) is 7.69. The molecule has 0 aromatic heterocycles. The van der Waals surface area contributed by atoms with Crippen LogP contribution < -0.4 is 5.32 Å². The van der Waals surface area contributed by atoms with Crippen LogP contribution in [0, 0.1) is 0 Å². The Morgan fingerprint density at radius 2 is 1.75 bits per heavy atom. The van der Waals surface area contributed by atoms with Crippen LogP contribution in [0.15, 0.2) is 30.3 Å². The van der Waals surface area contributed by atoms with E-state index in [2.05, 4.69) is 5.32 Å². The van der Waals surface area contributed by atoms with Gasteiger partial charge < -0.3 is 20.6 Å². The van der Waals surface area contributed by atoms with Crippen LogP contribution >= 0.6 is 0 Å². The smallest absolute Gasteiger partial charge is 0.0946 e. The third-order valence-electron chi connectivity index (χ3n) is 2.61. The molecule has 4 heteroatoms. The van der Waals surface area contributed by atoms with Gasteiger partial charge in [0.15, 0.2) is 0 Å². The predicted octanol–water partition coefficient (Wildman–Crippen LogP) is 0.0513. The van der Waals surface area contributed by atoms with Gasteiger partial charge in [-0.15, -0.1) is 0 Å². The van der Waals surface area contributed by atoms with E-state index in [1.54, 1.807) is 0 Å². The fraction of sp³-hybridized carbons (Fsp3) is 0.500. The summed E-state index contributed by atoms with van der Waals surface area (Å²) >= 11 is 0. The molecule has 4 nitrogen and oxygen atoms in total. The molecule has 0 aliphatic carbocycles. The maximum atomic E-state index is 9.44. The van der Waals surface area contributed by atoms with Gasteiger partial charge in [0.2, 0.25) is 0 Å². The highest BCUT2D eigenvalue weighted by atomic mass is 16.3. The topological polar surface area (TPSA) is 72.7 Å². The normalized spacial score (nSPS) is 16.8. The molecule has 1 aromatic carbocycles. The molecule has 0 heterocycles. The quantitative estimate of drug-likeness (QED) is 0.552. The highest BCUT2D eigenvalue weighted by molar-refractivity contribution is 5.18. The number of aliphatic hydroxyl groups is 3. The zero-order chi connectivity index (χ0) is 12.0. The summed E-state index contributed by atoms with van der Waals surface area (Å²) in [7, 11) is 0. The van der Waals surface area contributed by atoms with Crippen LogP contribution in [0.3, 0.4) is 0 Å². The number of benzene rings is 1. The van der Waals surface area contributed by atoms with E-state index < -0.39 is 12.1 Å². The standard InChI is InChI=1S/C12H19NO3/c1-9(10-5-3-2-4-6-10)13-11(7-14)12(16)8-15/h2-6,9,11-16H,7-8H2,1H3/t9?,11-,12-/m1/s1. The van der Waals surface area contributed by atoms with Crippen LogP contribution in [0.5, 0.6) is 0 Å². The van der Waals surface area contributed by atoms with Crippen LogP contribution in [0.25, 0.3) is 0 Å². The largest absolute Gasteiger partial charge is 0.395 e. The molecule has 16 heavy (non-hydrogen) atoms. The van der Waals surface area contributed by atoms with E-state index in [0.717, 1.165) is 5.56 Å². The Morgan fingerprint density at radius 1 is 1.12 bits per heavy atom. The maximum Gasteiger partial charge on any atom is 0.0946 e. The van der Waals surface area contributed by atoms with E-state index in [0.29, 0.717) is 0 Å². The Balaban J connectivity index is 2.59. The average molecular weight is 225 g/mol. The van der Waals surface area contributed by atoms with Crippen molar-refractivity contribution in [2.75, 3.05) is 13.2 Å². The Hall–Kier alpha value is -0.940. The minimum Gasteiger partial charge on any atom is -0.395 e. The van der Waals surface area contributed by atoms with Crippen LogP contribution in [-0.4, -0.2) is 40.7 Å². The summed E-state index contributed by atoms with van der Waals surface area (Å²) in [6, 6.07) is 9.24. The van der Waals surface area contributed by atoms with Crippen molar-refractivity contribution in [3.05, 3.63) is 35.9 Å². The molecular weight excluding hydrogens is 206 g/mol. The molecular formula is C12H19NO3. The SMILES string of the molecule is CC(N[C@H](CO)[C@H](O)CO)c1ccccc1. The van der Waals surface area contributed by atoms with Gasteiger partial charge >= 0.3 is 0 Å². The molecule has 1 rings (SSSR count). The second kappa shape index (κ2) is 6.60. The first-order valence-corrected chi connectivity index (χ1v) is 5.39. The van der Waals surface area contributed by atoms with Crippen molar-refractivity contribution in [2.24, 2.45) is 0 Å². The lowest BCUT2D eigenvalue weighted by Gasteiger charge is -2.25. The van der Waals surface area contributed by atoms with Crippen molar-refractivity contribution in [1.29, 1.82) is 0 Å². The van der Waals surface area contributed by atoms with E-state index in [-0.39, 0.29) is 19.3 Å². The minimum absolute atomic E-state index is 0.0135. The lowest BCUT2D eigenvalue weighted by Crippen LogP contribution is -2.45. The maximum absolute atomic E-state index is 9.44. The van der Waals surface area contributed by atoms with Gasteiger partial charge in [-0.2, -0.15) is 0 Å². The van der Waals surface area contributed by atoms with Crippen LogP contribution in [-0.2, 0) is 0 Å². The van der Waals surface area contributed by atoms with Gasteiger partial charge in [0.25, 0.3) is 0 Å². The molecule has 0 radical (unpaired) electrons. The Morgan fingerprint density at radius 3 is 2.25 bits per heavy atom. The number of aliphatic hydroxyl groups excluding tert-OH is 3. The lowest BCUT2D eigenvalue weighted by atomic mass is 10.1. The minimum atomic E-state index is -0.948. The second-order valence-electron chi connectivity index (χ2n) is 3.84. The van der Waals surface area contributed by atoms with E-state index in [4.69, 9.17) is 10.2 Å². The molecule has 1 unspecified atom stereocenters. The molecule has 0 aliphatic rings. The Kier molecular flexibility index (Phi) is 5.42. The van der Waals surface area contributed by atoms with Crippen molar-refractivity contribution in [1.82, 2.24) is 5.32 Å². The van der Waals surface area contributed by atoms with Crippen molar-refractivity contribution in [2.45, 2.75) is 25.1 Å². The number of nitrogens with one attached hydrogen (secondary N) is 1. The third kappa shape index (κ3) is 3.57. The molecule has 0 aliphatic heterocycles. The number of rotatable bonds is 6. The van der Waals surface area contributed by atoms with Gasteiger partial charge in [-0.05, 0) is 12.5 Å². The van der Waals surface area contributed by atoms with E-state index in [1.165, 1.54) is 0 Å². The van der Waals surface area contributed by atoms with Crippen LogP contribution in [0.4, 0.5) is 0 Å². The van der Waals surface area contributed by atoms with Crippen molar-refractivity contribution in [3.63, 3.8) is 0 Å². The molecule has 0 amide bonds. The molecule has 4 N–H and O–H groups in total. The van der Waals surface area contributed by atoms with Gasteiger partial charge in [-0.25, -0.2) is 0 Å². The monoisotopic (exact) mass is 225 g/mol. The molecule has 90 valence electrons. The van der Waals surface area contributed by atoms with Gasteiger partial charge in [0.05, 0.1) is 25.4 Å². The first-order valence-electron chi connectivity index (χ1n) is 5.39. The summed E-state index contributed by atoms with van der Waals surface area (Å²) < 4.78 is 0. The van der Waals surface area contributed by atoms with Crippen LogP contribution in [0.1, 0.15) is 18.5 Å². The molecule has 1 aromatic rings. The summed E-state index contributed by atoms with van der Waals surface area (Å²) in [6.07, 6.45) is -0.948. The zero-order valence-corrected chi connectivity index (χ0v) is 9.37. The average Bonchev–Trinajstić information content (AvgIpc) is 2.35. The summed E-state index contributed by atoms with van der Waals surface area (Å²) in [6.45, 7) is 1.38. The van der Waals surface area contributed by atoms with Gasteiger partial charge in [0.1, 0.15) is 0 Å². The summed E-state index contributed by atoms with van der Waals surface area (Å²) in [4.78, 5) is 0. The van der Waals surface area contributed by atoms with Crippen molar-refractivity contribution in [3.8, 4) is 0 Å². The highest BCUT2D eigenvalue weighted by Gasteiger charge is 2.19. The van der Waals surface area contributed by atoms with E-state index >= 15 is 0 Å². The second-order valence-corrected chi connectivity index (χ2v) is 3.84. The third-order valence-corrected chi connectivity index (χ3v) is 2.61. The van der Waals surface area contributed by atoms with Gasteiger partial charge in [0, 0.05) is 6.04 Å². The van der Waals surface area contributed by atoms with Crippen molar-refractivity contribution >= 4 is 0 Å². The number of hydrogen-bond acceptors (Lipinski definition) is 4. The molecule has 0 fully saturated rings. The van der Waals surface area contributed by atoms with Crippen molar-refractivity contribution < 1.29 is 15.3 Å².